The van der Waals surface area contributed by atoms with Crippen molar-refractivity contribution in [3.05, 3.63) is 23.9 Å². The van der Waals surface area contributed by atoms with E-state index in [0.717, 1.165) is 46.9 Å². The molecule has 2 saturated carbocycles. The van der Waals surface area contributed by atoms with Gasteiger partial charge in [0.25, 0.3) is 0 Å². The molecule has 1 aromatic carbocycles. The molecule has 0 bridgehead atoms. The number of ether oxygens (including phenoxy) is 1. The first-order chi connectivity index (χ1) is 15.0. The predicted octanol–water partition coefficient (Wildman–Crippen LogP) is 4.79. The van der Waals surface area contributed by atoms with Crippen LogP contribution >= 0.6 is 11.3 Å². The number of aliphatic hydroxyl groups is 1. The second-order valence-corrected chi connectivity index (χ2v) is 10.9. The van der Waals surface area contributed by atoms with Crippen LogP contribution in [0.2, 0.25) is 0 Å². The van der Waals surface area contributed by atoms with Crippen molar-refractivity contribution in [2.45, 2.75) is 87.8 Å². The Labute approximate surface area is 191 Å². The van der Waals surface area contributed by atoms with Gasteiger partial charge in [0.15, 0.2) is 5.13 Å². The van der Waals surface area contributed by atoms with Crippen molar-refractivity contribution in [2.75, 3.05) is 12.4 Å². The average molecular weight is 464 g/mol. The van der Waals surface area contributed by atoms with E-state index in [1.165, 1.54) is 32.1 Å². The maximum absolute atomic E-state index is 13.1. The first-order valence-corrected chi connectivity index (χ1v) is 13.3. The van der Waals surface area contributed by atoms with Crippen molar-refractivity contribution in [1.29, 1.82) is 0 Å². The monoisotopic (exact) mass is 463 g/mol. The lowest BCUT2D eigenvalue weighted by Crippen LogP contribution is -2.35. The molecule has 1 unspecified atom stereocenters. The summed E-state index contributed by atoms with van der Waals surface area (Å²) in [5.74, 6) is 0.619. The number of aliphatic hydroxyl groups excluding tert-OH is 1. The number of rotatable bonds is 7. The molecule has 6 nitrogen and oxygen atoms in total. The number of nitrogens with zero attached hydrogens (tertiary/aromatic N) is 1. The number of thiazole rings is 1. The summed E-state index contributed by atoms with van der Waals surface area (Å²) in [5.41, 5.74) is 2.00. The number of methoxy groups -OCH3 is 1. The zero-order valence-corrected chi connectivity index (χ0v) is 20.0. The van der Waals surface area contributed by atoms with Gasteiger partial charge in [-0.05, 0) is 69.2 Å². The number of aromatic nitrogens is 1. The summed E-state index contributed by atoms with van der Waals surface area (Å²) in [4.78, 5) is 6.51. The fourth-order valence-electron chi connectivity index (χ4n) is 4.52. The van der Waals surface area contributed by atoms with Gasteiger partial charge in [-0.2, -0.15) is 0 Å². The molecule has 2 aliphatic rings. The van der Waals surface area contributed by atoms with Gasteiger partial charge in [0.1, 0.15) is 16.7 Å². The standard InChI is InChI=1S/C23H33N3O3S2/c1-15-22(30-23(24-15)25-17-6-4-3-5-7-17)16-8-13-20(29-2)21(14-16)31(28)26-18-9-11-19(27)12-10-18/h8,13-14,17-19,26-27H,3-7,9-12H2,1-2H3,(H,24,25). The minimum Gasteiger partial charge on any atom is -0.495 e. The summed E-state index contributed by atoms with van der Waals surface area (Å²) >= 11 is 1.67. The number of benzene rings is 1. The number of aryl methyl sites for hydroxylation is 1. The van der Waals surface area contributed by atoms with E-state index in [1.807, 2.05) is 25.1 Å². The van der Waals surface area contributed by atoms with Gasteiger partial charge in [0.2, 0.25) is 0 Å². The summed E-state index contributed by atoms with van der Waals surface area (Å²) in [6.45, 7) is 2.03. The lowest BCUT2D eigenvalue weighted by molar-refractivity contribution is 0.121. The van der Waals surface area contributed by atoms with E-state index in [1.54, 1.807) is 18.4 Å². The molecule has 31 heavy (non-hydrogen) atoms. The normalized spacial score (nSPS) is 23.5. The summed E-state index contributed by atoms with van der Waals surface area (Å²) in [6, 6.07) is 6.53. The summed E-state index contributed by atoms with van der Waals surface area (Å²) in [5, 5.41) is 14.3. The maximum atomic E-state index is 13.1. The van der Waals surface area contributed by atoms with E-state index >= 15 is 0 Å². The maximum Gasteiger partial charge on any atom is 0.183 e. The Hall–Kier alpha value is -1.48. The molecular formula is C23H33N3O3S2. The van der Waals surface area contributed by atoms with E-state index in [2.05, 4.69) is 10.0 Å². The van der Waals surface area contributed by atoms with Gasteiger partial charge in [-0.15, -0.1) is 0 Å². The minimum atomic E-state index is -1.38. The molecule has 1 atom stereocenters. The molecule has 2 aromatic rings. The van der Waals surface area contributed by atoms with Crippen molar-refractivity contribution in [2.24, 2.45) is 0 Å². The van der Waals surface area contributed by atoms with Crippen molar-refractivity contribution < 1.29 is 14.1 Å². The van der Waals surface area contributed by atoms with Crippen LogP contribution in [0, 0.1) is 6.92 Å². The van der Waals surface area contributed by atoms with Gasteiger partial charge in [-0.3, -0.25) is 0 Å². The third-order valence-corrected chi connectivity index (χ3v) is 8.73. The van der Waals surface area contributed by atoms with Gasteiger partial charge >= 0.3 is 0 Å². The molecule has 0 radical (unpaired) electrons. The molecule has 0 amide bonds. The highest BCUT2D eigenvalue weighted by atomic mass is 32.2. The fourth-order valence-corrected chi connectivity index (χ4v) is 6.79. The zero-order valence-electron chi connectivity index (χ0n) is 18.4. The molecule has 1 aromatic heterocycles. The molecule has 170 valence electrons. The molecule has 0 spiro atoms. The largest absolute Gasteiger partial charge is 0.495 e. The highest BCUT2D eigenvalue weighted by Crippen LogP contribution is 2.37. The molecule has 3 N–H and O–H groups in total. The van der Waals surface area contributed by atoms with Crippen molar-refractivity contribution in [3.8, 4) is 16.2 Å². The molecular weight excluding hydrogens is 430 g/mol. The van der Waals surface area contributed by atoms with E-state index < -0.39 is 11.0 Å². The minimum absolute atomic E-state index is 0.147. The lowest BCUT2D eigenvalue weighted by Gasteiger charge is -2.26. The van der Waals surface area contributed by atoms with Gasteiger partial charge in [-0.1, -0.05) is 30.6 Å². The Morgan fingerprint density at radius 3 is 2.55 bits per heavy atom. The van der Waals surface area contributed by atoms with Crippen LogP contribution in [0.1, 0.15) is 63.5 Å². The highest BCUT2D eigenvalue weighted by molar-refractivity contribution is 7.83. The quantitative estimate of drug-likeness (QED) is 0.550. The topological polar surface area (TPSA) is 83.5 Å². The van der Waals surface area contributed by atoms with Crippen LogP contribution in [0.3, 0.4) is 0 Å². The van der Waals surface area contributed by atoms with E-state index in [4.69, 9.17) is 9.72 Å². The molecule has 8 heteroatoms. The molecule has 2 fully saturated rings. The van der Waals surface area contributed by atoms with E-state index in [0.29, 0.717) is 16.7 Å². The third kappa shape index (κ3) is 5.66. The number of hydrogen-bond acceptors (Lipinski definition) is 6. The molecule has 2 aliphatic carbocycles. The van der Waals surface area contributed by atoms with Crippen molar-refractivity contribution >= 4 is 27.5 Å². The van der Waals surface area contributed by atoms with Crippen LogP contribution < -0.4 is 14.8 Å². The Morgan fingerprint density at radius 1 is 1.10 bits per heavy atom. The van der Waals surface area contributed by atoms with Crippen LogP contribution in [0.25, 0.3) is 10.4 Å². The number of hydrogen-bond donors (Lipinski definition) is 3. The highest BCUT2D eigenvalue weighted by Gasteiger charge is 2.23. The average Bonchev–Trinajstić information content (AvgIpc) is 3.15. The van der Waals surface area contributed by atoms with Crippen LogP contribution in [-0.2, 0) is 11.0 Å². The van der Waals surface area contributed by atoms with E-state index in [9.17, 15) is 9.32 Å². The van der Waals surface area contributed by atoms with Gasteiger partial charge in [0, 0.05) is 12.1 Å². The zero-order chi connectivity index (χ0) is 21.8. The second kappa shape index (κ2) is 10.4. The summed E-state index contributed by atoms with van der Waals surface area (Å²) in [7, 11) is 0.227. The molecule has 4 rings (SSSR count). The fraction of sp³-hybridized carbons (Fsp3) is 0.609. The summed E-state index contributed by atoms with van der Waals surface area (Å²) < 4.78 is 21.9. The molecule has 1 heterocycles. The van der Waals surface area contributed by atoms with Crippen LogP contribution in [0.15, 0.2) is 23.1 Å². The van der Waals surface area contributed by atoms with Gasteiger partial charge < -0.3 is 15.2 Å². The number of anilines is 1. The Balaban J connectivity index is 1.52. The first kappa shape index (κ1) is 22.7. The summed E-state index contributed by atoms with van der Waals surface area (Å²) in [6.07, 6.45) is 9.28. The van der Waals surface area contributed by atoms with Crippen molar-refractivity contribution in [1.82, 2.24) is 9.71 Å². The molecule has 0 saturated heterocycles. The predicted molar refractivity (Wildman–Crippen MR) is 127 cm³/mol. The van der Waals surface area contributed by atoms with Crippen LogP contribution in [-0.4, -0.2) is 39.6 Å². The first-order valence-electron chi connectivity index (χ1n) is 11.3. The van der Waals surface area contributed by atoms with Crippen LogP contribution in [0.4, 0.5) is 5.13 Å². The second-order valence-electron chi connectivity index (χ2n) is 8.67. The Bertz CT molecular complexity index is 903. The SMILES string of the molecule is COc1ccc(-c2sc(NC3CCCCC3)nc2C)cc1S(=O)NC1CCC(O)CC1. The smallest absolute Gasteiger partial charge is 0.183 e. The van der Waals surface area contributed by atoms with Crippen molar-refractivity contribution in [3.63, 3.8) is 0 Å². The Kier molecular flexibility index (Phi) is 7.63. The van der Waals surface area contributed by atoms with Gasteiger partial charge in [-0.25, -0.2) is 13.9 Å². The Morgan fingerprint density at radius 2 is 1.84 bits per heavy atom. The third-order valence-electron chi connectivity index (χ3n) is 6.33. The van der Waals surface area contributed by atoms with Crippen LogP contribution in [0.5, 0.6) is 5.75 Å². The van der Waals surface area contributed by atoms with E-state index in [-0.39, 0.29) is 12.1 Å². The lowest BCUT2D eigenvalue weighted by atomic mass is 9.94. The number of nitrogens with one attached hydrogen (secondary N) is 2. The molecule has 0 aliphatic heterocycles. The van der Waals surface area contributed by atoms with Gasteiger partial charge in [0.05, 0.1) is 28.7 Å².